The molecule has 3 aliphatic rings. The van der Waals surface area contributed by atoms with Crippen LogP contribution in [0.15, 0.2) is 77.6 Å². The highest BCUT2D eigenvalue weighted by atomic mass is 19.1. The number of carbonyl (C=O) groups excluding carboxylic acids is 3. The van der Waals surface area contributed by atoms with Crippen molar-refractivity contribution >= 4 is 62.5 Å². The number of carbonyl (C=O) groups is 3. The first-order valence-corrected chi connectivity index (χ1v) is 21.0. The Kier molecular flexibility index (Phi) is 11.5. The van der Waals surface area contributed by atoms with Crippen molar-refractivity contribution in [3.05, 3.63) is 112 Å². The molecule has 0 bridgehead atoms. The van der Waals surface area contributed by atoms with Crippen LogP contribution in [-0.2, 0) is 27.8 Å². The number of anilines is 4. The van der Waals surface area contributed by atoms with Crippen LogP contribution in [0.4, 0.5) is 31.7 Å². The molecule has 3 amide bonds. The zero-order valence-electron chi connectivity index (χ0n) is 34.3. The van der Waals surface area contributed by atoms with E-state index in [1.54, 1.807) is 11.6 Å². The van der Waals surface area contributed by atoms with Crippen molar-refractivity contribution in [2.45, 2.75) is 44.2 Å². The summed E-state index contributed by atoms with van der Waals surface area (Å²) in [6, 6.07) is 19.9. The van der Waals surface area contributed by atoms with Gasteiger partial charge in [0.15, 0.2) is 5.82 Å². The first kappa shape index (κ1) is 40.8. The molecule has 3 saturated heterocycles. The Morgan fingerprint density at radius 2 is 1.68 bits per heavy atom. The number of amides is 3. The summed E-state index contributed by atoms with van der Waals surface area (Å²) in [5, 5.41) is 20.6. The van der Waals surface area contributed by atoms with E-state index in [0.717, 1.165) is 74.3 Å². The number of H-pyrrole nitrogens is 1. The molecular weight excluding hydrogens is 799 g/mol. The van der Waals surface area contributed by atoms with E-state index in [1.807, 2.05) is 54.6 Å². The Hall–Kier alpha value is -6.59. The Morgan fingerprint density at radius 3 is 2.45 bits per heavy atom. The lowest BCUT2D eigenvalue weighted by molar-refractivity contribution is -0.135. The number of nitrogens with one attached hydrogen (secondary N) is 5. The van der Waals surface area contributed by atoms with Crippen LogP contribution in [-0.4, -0.2) is 100 Å². The normalized spacial score (nSPS) is 17.7. The van der Waals surface area contributed by atoms with Gasteiger partial charge in [0.05, 0.1) is 27.8 Å². The lowest BCUT2D eigenvalue weighted by Crippen LogP contribution is -2.47. The second-order valence-corrected chi connectivity index (χ2v) is 16.2. The minimum Gasteiger partial charge on any atom is -0.382 e. The van der Waals surface area contributed by atoms with Crippen molar-refractivity contribution in [1.29, 1.82) is 0 Å². The minimum absolute atomic E-state index is 0.139. The van der Waals surface area contributed by atoms with Gasteiger partial charge < -0.3 is 25.6 Å². The van der Waals surface area contributed by atoms with E-state index in [4.69, 9.17) is 4.74 Å². The maximum atomic E-state index is 14.0. The SMILES string of the molecule is Cn1c(=O)n(C2CCC(=O)NC2=O)c2cccc(NCCN3CCN(c4ccc(C(=O)Nc5n[nH]c6ccc(Cc7cc(F)cc(F)c7)cc56)c(NC5CCOCC5)c4)CC3)c21. The van der Waals surface area contributed by atoms with Crippen LogP contribution in [0.25, 0.3) is 21.9 Å². The lowest BCUT2D eigenvalue weighted by Gasteiger charge is -2.36. The fourth-order valence-corrected chi connectivity index (χ4v) is 8.89. The molecule has 0 spiro atoms. The van der Waals surface area contributed by atoms with E-state index in [2.05, 4.69) is 41.3 Å². The van der Waals surface area contributed by atoms with Crippen molar-refractivity contribution in [3.8, 4) is 0 Å². The number of benzene rings is 4. The highest BCUT2D eigenvalue weighted by Crippen LogP contribution is 2.31. The number of aryl methyl sites for hydroxylation is 1. The van der Waals surface area contributed by atoms with Crippen LogP contribution in [0.3, 0.4) is 0 Å². The first-order valence-electron chi connectivity index (χ1n) is 21.0. The molecule has 0 saturated carbocycles. The number of hydrogen-bond donors (Lipinski definition) is 5. The van der Waals surface area contributed by atoms with Crippen LogP contribution in [0.2, 0.25) is 0 Å². The summed E-state index contributed by atoms with van der Waals surface area (Å²) in [7, 11) is 1.70. The summed E-state index contributed by atoms with van der Waals surface area (Å²) in [4.78, 5) is 56.5. The maximum absolute atomic E-state index is 14.0. The average molecular weight is 847 g/mol. The number of aromatic amines is 1. The number of fused-ring (bicyclic) bond motifs is 2. The van der Waals surface area contributed by atoms with Gasteiger partial charge in [-0.1, -0.05) is 12.1 Å². The number of aromatic nitrogens is 4. The summed E-state index contributed by atoms with van der Waals surface area (Å²) in [6.45, 7) is 5.90. The zero-order valence-corrected chi connectivity index (χ0v) is 34.3. The van der Waals surface area contributed by atoms with Crippen molar-refractivity contribution in [2.24, 2.45) is 7.05 Å². The van der Waals surface area contributed by atoms with Crippen LogP contribution >= 0.6 is 0 Å². The van der Waals surface area contributed by atoms with Gasteiger partial charge in [0.25, 0.3) is 5.91 Å². The number of hydrogen-bond acceptors (Lipinski definition) is 10. The molecule has 0 aliphatic carbocycles. The maximum Gasteiger partial charge on any atom is 0.329 e. The molecule has 1 atom stereocenters. The minimum atomic E-state index is -0.745. The quantitative estimate of drug-likeness (QED) is 0.104. The number of piperazine rings is 1. The number of para-hydroxylation sites is 1. The van der Waals surface area contributed by atoms with Gasteiger partial charge >= 0.3 is 5.69 Å². The molecule has 2 aromatic heterocycles. The highest BCUT2D eigenvalue weighted by Gasteiger charge is 2.32. The standard InChI is InChI=1S/C45H48F2N10O5/c1-54-41-36(3-2-4-38(41)57(45(54)61)39-9-10-40(58)50-44(39)60)48-13-14-55-15-17-56(18-16-55)32-6-7-33(37(26-32)49-31-11-19-62-20-12-31)43(59)51-42-34-24-27(5-8-35(34)52-53-42)21-28-22-29(46)25-30(47)23-28/h2-8,22-26,31,39,48-49H,9-21H2,1H3,(H,50,58,60)(H2,51,52,53,59). The molecule has 5 heterocycles. The van der Waals surface area contributed by atoms with Crippen molar-refractivity contribution in [2.75, 3.05) is 73.3 Å². The largest absolute Gasteiger partial charge is 0.382 e. The summed E-state index contributed by atoms with van der Waals surface area (Å²) in [5.41, 5.74) is 6.07. The van der Waals surface area contributed by atoms with Gasteiger partial charge in [0.2, 0.25) is 11.8 Å². The number of imidazole rings is 1. The van der Waals surface area contributed by atoms with E-state index in [1.165, 1.54) is 16.7 Å². The molecule has 4 aromatic carbocycles. The number of imide groups is 1. The van der Waals surface area contributed by atoms with Crippen molar-refractivity contribution in [1.82, 2.24) is 29.5 Å². The fourth-order valence-electron chi connectivity index (χ4n) is 8.89. The molecule has 17 heteroatoms. The molecule has 322 valence electrons. The second-order valence-electron chi connectivity index (χ2n) is 16.2. The third kappa shape index (κ3) is 8.50. The molecule has 5 N–H and O–H groups in total. The second kappa shape index (κ2) is 17.4. The number of ether oxygens (including phenoxy) is 1. The molecule has 0 radical (unpaired) electrons. The van der Waals surface area contributed by atoms with Gasteiger partial charge in [0.1, 0.15) is 17.7 Å². The topological polar surface area (TPSA) is 171 Å². The summed E-state index contributed by atoms with van der Waals surface area (Å²) < 4.78 is 36.4. The van der Waals surface area contributed by atoms with Gasteiger partial charge in [-0.2, -0.15) is 5.10 Å². The number of rotatable bonds is 12. The third-order valence-electron chi connectivity index (χ3n) is 12.1. The Labute approximate surface area is 355 Å². The summed E-state index contributed by atoms with van der Waals surface area (Å²) in [6.07, 6.45) is 2.40. The van der Waals surface area contributed by atoms with Gasteiger partial charge in [-0.05, 0) is 91.4 Å². The fraction of sp³-hybridized carbons (Fsp3) is 0.356. The van der Waals surface area contributed by atoms with Crippen LogP contribution in [0.5, 0.6) is 0 Å². The lowest BCUT2D eigenvalue weighted by atomic mass is 10.0. The van der Waals surface area contributed by atoms with Gasteiger partial charge in [-0.3, -0.25) is 38.8 Å². The number of halogens is 2. The zero-order chi connectivity index (χ0) is 42.9. The Bertz CT molecular complexity index is 2710. The Balaban J connectivity index is 0.857. The summed E-state index contributed by atoms with van der Waals surface area (Å²) in [5.74, 6) is -2.02. The molecule has 62 heavy (non-hydrogen) atoms. The Morgan fingerprint density at radius 1 is 0.887 bits per heavy atom. The van der Waals surface area contributed by atoms with Gasteiger partial charge in [-0.25, -0.2) is 13.6 Å². The van der Waals surface area contributed by atoms with Crippen LogP contribution < -0.4 is 31.9 Å². The average Bonchev–Trinajstić information content (AvgIpc) is 3.77. The smallest absolute Gasteiger partial charge is 0.329 e. The van der Waals surface area contributed by atoms with Crippen LogP contribution in [0.1, 0.15) is 53.2 Å². The van der Waals surface area contributed by atoms with Crippen molar-refractivity contribution in [3.63, 3.8) is 0 Å². The molecular formula is C45H48F2N10O5. The highest BCUT2D eigenvalue weighted by molar-refractivity contribution is 6.11. The van der Waals surface area contributed by atoms with Crippen molar-refractivity contribution < 1.29 is 27.9 Å². The molecule has 6 aromatic rings. The number of nitrogens with zero attached hydrogens (tertiary/aromatic N) is 5. The van der Waals surface area contributed by atoms with Gasteiger partial charge in [0, 0.05) is 94.8 Å². The molecule has 9 rings (SSSR count). The third-order valence-corrected chi connectivity index (χ3v) is 12.1. The van der Waals surface area contributed by atoms with E-state index < -0.39 is 23.6 Å². The molecule has 1 unspecified atom stereocenters. The molecule has 3 fully saturated rings. The monoisotopic (exact) mass is 846 g/mol. The number of piperidine rings is 1. The van der Waals surface area contributed by atoms with E-state index >= 15 is 0 Å². The predicted octanol–water partition coefficient (Wildman–Crippen LogP) is 5.14. The van der Waals surface area contributed by atoms with E-state index in [9.17, 15) is 28.0 Å². The molecule has 3 aliphatic heterocycles. The van der Waals surface area contributed by atoms with E-state index in [0.29, 0.717) is 65.1 Å². The van der Waals surface area contributed by atoms with Gasteiger partial charge in [-0.15, -0.1) is 0 Å². The predicted molar refractivity (Wildman–Crippen MR) is 233 cm³/mol. The first-order chi connectivity index (χ1) is 30.1. The summed E-state index contributed by atoms with van der Waals surface area (Å²) >= 11 is 0. The molecule has 15 nitrogen and oxygen atoms in total. The van der Waals surface area contributed by atoms with Crippen LogP contribution in [0, 0.1) is 11.6 Å². The van der Waals surface area contributed by atoms with E-state index in [-0.39, 0.29) is 36.4 Å².